The molecule has 108 valence electrons. The summed E-state index contributed by atoms with van der Waals surface area (Å²) in [5, 5.41) is 3.11. The SMILES string of the molecule is [O-][P+](=C1C=CC(=[P+]([O-])c2ccccc2)C=C1)c1ccccc1. The highest BCUT2D eigenvalue weighted by molar-refractivity contribution is 7.61. The molecule has 0 heterocycles. The van der Waals surface area contributed by atoms with Gasteiger partial charge >= 0.3 is 0 Å². The lowest BCUT2D eigenvalue weighted by molar-refractivity contribution is -0.150. The van der Waals surface area contributed by atoms with Crippen molar-refractivity contribution in [3.05, 3.63) is 85.0 Å². The van der Waals surface area contributed by atoms with Crippen molar-refractivity contribution in [2.24, 2.45) is 0 Å². The summed E-state index contributed by atoms with van der Waals surface area (Å²) in [6.45, 7) is 0. The van der Waals surface area contributed by atoms with Crippen LogP contribution in [0, 0.1) is 0 Å². The van der Waals surface area contributed by atoms with Crippen LogP contribution in [0.3, 0.4) is 0 Å². The van der Waals surface area contributed by atoms with Gasteiger partial charge in [0, 0.05) is 0 Å². The van der Waals surface area contributed by atoms with E-state index in [-0.39, 0.29) is 0 Å². The third-order valence-electron chi connectivity index (χ3n) is 3.30. The summed E-state index contributed by atoms with van der Waals surface area (Å²) < 4.78 is 0. The highest BCUT2D eigenvalue weighted by atomic mass is 31.1. The van der Waals surface area contributed by atoms with E-state index >= 15 is 0 Å². The summed E-state index contributed by atoms with van der Waals surface area (Å²) >= 11 is 0. The van der Waals surface area contributed by atoms with Gasteiger partial charge < -0.3 is 9.79 Å². The molecule has 2 aromatic rings. The molecule has 0 aromatic heterocycles. The van der Waals surface area contributed by atoms with Crippen molar-refractivity contribution in [1.82, 2.24) is 0 Å². The van der Waals surface area contributed by atoms with Crippen LogP contribution in [0.5, 0.6) is 0 Å². The van der Waals surface area contributed by atoms with E-state index in [0.717, 1.165) is 21.2 Å². The maximum absolute atomic E-state index is 12.5. The molecule has 0 amide bonds. The molecule has 0 aliphatic heterocycles. The molecule has 2 aromatic carbocycles. The molecular formula is C18H14O2P2. The molecule has 1 aliphatic rings. The van der Waals surface area contributed by atoms with Crippen molar-refractivity contribution in [2.45, 2.75) is 0 Å². The maximum atomic E-state index is 12.5. The van der Waals surface area contributed by atoms with E-state index in [4.69, 9.17) is 0 Å². The van der Waals surface area contributed by atoms with Crippen LogP contribution < -0.4 is 20.4 Å². The number of rotatable bonds is 2. The van der Waals surface area contributed by atoms with Gasteiger partial charge in [-0.15, -0.1) is 0 Å². The monoisotopic (exact) mass is 324 g/mol. The van der Waals surface area contributed by atoms with Gasteiger partial charge in [-0.3, -0.25) is 0 Å². The molecule has 3 rings (SSSR count). The van der Waals surface area contributed by atoms with Gasteiger partial charge in [-0.1, -0.05) is 36.4 Å². The van der Waals surface area contributed by atoms with Crippen LogP contribution in [0.15, 0.2) is 85.0 Å². The zero-order chi connectivity index (χ0) is 15.4. The summed E-state index contributed by atoms with van der Waals surface area (Å²) in [7, 11) is -3.20. The first-order valence-corrected chi connectivity index (χ1v) is 9.42. The Hall–Kier alpha value is -1.82. The third-order valence-corrected chi connectivity index (χ3v) is 6.37. The number of allylic oxidation sites excluding steroid dienone is 4. The zero-order valence-corrected chi connectivity index (χ0v) is 13.6. The average Bonchev–Trinajstić information content (AvgIpc) is 2.62. The Morgan fingerprint density at radius 1 is 0.500 bits per heavy atom. The molecular weight excluding hydrogens is 310 g/mol. The van der Waals surface area contributed by atoms with Gasteiger partial charge in [-0.05, 0) is 48.6 Å². The molecule has 0 radical (unpaired) electrons. The lowest BCUT2D eigenvalue weighted by Gasteiger charge is -2.05. The highest BCUT2D eigenvalue weighted by Gasteiger charge is 2.14. The first-order chi connectivity index (χ1) is 10.8. The summed E-state index contributed by atoms with van der Waals surface area (Å²) in [5.41, 5.74) is 0. The van der Waals surface area contributed by atoms with Gasteiger partial charge in [-0.25, -0.2) is 0 Å². The minimum atomic E-state index is -1.60. The van der Waals surface area contributed by atoms with Crippen LogP contribution in [0.4, 0.5) is 0 Å². The van der Waals surface area contributed by atoms with E-state index in [9.17, 15) is 9.79 Å². The molecule has 0 saturated carbocycles. The molecule has 0 spiro atoms. The van der Waals surface area contributed by atoms with E-state index in [1.807, 2.05) is 60.7 Å². The Kier molecular flexibility index (Phi) is 4.77. The second-order valence-electron chi connectivity index (χ2n) is 4.78. The van der Waals surface area contributed by atoms with Gasteiger partial charge in [0.2, 0.25) is 0 Å². The standard InChI is InChI=1S/C18H14O2P2/c19-21(15-7-3-1-4-8-15)17-11-13-18(14-12-17)22(20)16-9-5-2-6-10-16/h1-14H. The number of hydrogen-bond acceptors (Lipinski definition) is 2. The van der Waals surface area contributed by atoms with Gasteiger partial charge in [0.05, 0.1) is 15.5 Å². The topological polar surface area (TPSA) is 46.1 Å². The molecule has 0 saturated heterocycles. The van der Waals surface area contributed by atoms with Crippen molar-refractivity contribution in [3.63, 3.8) is 0 Å². The van der Waals surface area contributed by atoms with Crippen LogP contribution in [0.1, 0.15) is 0 Å². The lowest BCUT2D eigenvalue weighted by atomic mass is 10.2. The molecule has 0 N–H and O–H groups in total. The van der Waals surface area contributed by atoms with Crippen LogP contribution in [-0.2, 0) is 0 Å². The highest BCUT2D eigenvalue weighted by Crippen LogP contribution is 2.21. The second kappa shape index (κ2) is 6.96. The summed E-state index contributed by atoms with van der Waals surface area (Å²) in [5.74, 6) is 0. The van der Waals surface area contributed by atoms with Crippen molar-refractivity contribution < 1.29 is 9.79 Å². The Morgan fingerprint density at radius 2 is 0.818 bits per heavy atom. The molecule has 2 nitrogen and oxygen atoms in total. The van der Waals surface area contributed by atoms with E-state index in [1.165, 1.54) is 0 Å². The molecule has 0 fully saturated rings. The number of hydrogen-bond donors (Lipinski definition) is 0. The van der Waals surface area contributed by atoms with Crippen LogP contribution >= 0.6 is 15.5 Å². The van der Waals surface area contributed by atoms with E-state index in [0.29, 0.717) is 0 Å². The normalized spacial score (nSPS) is 15.0. The fourth-order valence-electron chi connectivity index (χ4n) is 2.15. The fraction of sp³-hybridized carbons (Fsp3) is 0. The molecule has 22 heavy (non-hydrogen) atoms. The predicted molar refractivity (Wildman–Crippen MR) is 94.3 cm³/mol. The Labute approximate surface area is 132 Å². The van der Waals surface area contributed by atoms with E-state index in [2.05, 4.69) is 0 Å². The first kappa shape index (κ1) is 15.1. The van der Waals surface area contributed by atoms with Crippen LogP contribution in [0.2, 0.25) is 0 Å². The Bertz CT molecular complexity index is 703. The fourth-order valence-corrected chi connectivity index (χ4v) is 4.47. The Morgan fingerprint density at radius 3 is 1.14 bits per heavy atom. The van der Waals surface area contributed by atoms with Crippen LogP contribution in [0.25, 0.3) is 0 Å². The molecule has 0 bridgehead atoms. The summed E-state index contributed by atoms with van der Waals surface area (Å²) in [6.07, 6.45) is 7.21. The van der Waals surface area contributed by atoms with E-state index < -0.39 is 15.5 Å². The quantitative estimate of drug-likeness (QED) is 0.788. The van der Waals surface area contributed by atoms with Gasteiger partial charge in [0.1, 0.15) is 21.2 Å². The lowest BCUT2D eigenvalue weighted by Crippen LogP contribution is -2.14. The average molecular weight is 324 g/mol. The van der Waals surface area contributed by atoms with Crippen molar-refractivity contribution in [2.75, 3.05) is 0 Å². The van der Waals surface area contributed by atoms with Crippen LogP contribution in [-0.4, -0.2) is 10.6 Å². The zero-order valence-electron chi connectivity index (χ0n) is 11.8. The molecule has 2 unspecified atom stereocenters. The third kappa shape index (κ3) is 3.32. The van der Waals surface area contributed by atoms with Crippen molar-refractivity contribution >= 4 is 36.7 Å². The summed E-state index contributed by atoms with van der Waals surface area (Å²) in [6, 6.07) is 18.8. The molecule has 1 aliphatic carbocycles. The number of benzene rings is 2. The minimum Gasteiger partial charge on any atom is -0.625 e. The van der Waals surface area contributed by atoms with Gasteiger partial charge in [0.15, 0.2) is 0 Å². The predicted octanol–water partition coefficient (Wildman–Crippen LogP) is 1.62. The first-order valence-electron chi connectivity index (χ1n) is 6.90. The van der Waals surface area contributed by atoms with Crippen molar-refractivity contribution in [3.8, 4) is 0 Å². The minimum absolute atomic E-state index is 0.751. The van der Waals surface area contributed by atoms with Gasteiger partial charge in [0.25, 0.3) is 0 Å². The largest absolute Gasteiger partial charge is 0.625 e. The molecule has 2 atom stereocenters. The van der Waals surface area contributed by atoms with Gasteiger partial charge in [-0.2, -0.15) is 0 Å². The van der Waals surface area contributed by atoms with E-state index in [1.54, 1.807) is 24.3 Å². The summed E-state index contributed by atoms with van der Waals surface area (Å²) in [4.78, 5) is 24.9. The Balaban J connectivity index is 1.92. The smallest absolute Gasteiger partial charge is 0.145 e. The maximum Gasteiger partial charge on any atom is 0.145 e. The van der Waals surface area contributed by atoms with Crippen molar-refractivity contribution in [1.29, 1.82) is 0 Å². The second-order valence-corrected chi connectivity index (χ2v) is 8.02. The molecule has 4 heteroatoms.